The number of methoxy groups -OCH3 is 1. The average Bonchev–Trinajstić information content (AvgIpc) is 2.52. The molecule has 0 amide bonds. The van der Waals surface area contributed by atoms with Gasteiger partial charge in [0.15, 0.2) is 17.3 Å². The second-order valence-electron chi connectivity index (χ2n) is 4.67. The van der Waals surface area contributed by atoms with Crippen molar-refractivity contribution in [3.05, 3.63) is 59.4 Å². The molecule has 122 valence electrons. The summed E-state index contributed by atoms with van der Waals surface area (Å²) in [6, 6.07) is 8.45. The molecule has 3 nitrogen and oxygen atoms in total. The molecule has 0 unspecified atom stereocenters. The number of benzene rings is 2. The molecule has 0 bridgehead atoms. The van der Waals surface area contributed by atoms with E-state index < -0.39 is 29.9 Å². The first kappa shape index (κ1) is 16.8. The summed E-state index contributed by atoms with van der Waals surface area (Å²) in [6.07, 6.45) is -4.53. The molecule has 7 heteroatoms. The highest BCUT2D eigenvalue weighted by atomic mass is 19.4. The maximum atomic E-state index is 13.5. The van der Waals surface area contributed by atoms with E-state index in [9.17, 15) is 22.4 Å². The summed E-state index contributed by atoms with van der Waals surface area (Å²) in [4.78, 5) is 12.0. The minimum absolute atomic E-state index is 0.0167. The van der Waals surface area contributed by atoms with Crippen LogP contribution < -0.4 is 10.1 Å². The Morgan fingerprint density at radius 3 is 2.48 bits per heavy atom. The van der Waals surface area contributed by atoms with Gasteiger partial charge in [-0.3, -0.25) is 4.79 Å². The number of para-hydroxylation sites is 1. The second kappa shape index (κ2) is 6.68. The fourth-order valence-electron chi connectivity index (χ4n) is 2.00. The molecule has 1 N–H and O–H groups in total. The van der Waals surface area contributed by atoms with Crippen LogP contribution in [0.1, 0.15) is 15.9 Å². The van der Waals surface area contributed by atoms with Crippen LogP contribution in [-0.4, -0.2) is 19.4 Å². The number of hydrogen-bond acceptors (Lipinski definition) is 3. The van der Waals surface area contributed by atoms with E-state index in [1.807, 2.05) is 0 Å². The van der Waals surface area contributed by atoms with Crippen molar-refractivity contribution in [2.75, 3.05) is 19.0 Å². The van der Waals surface area contributed by atoms with Crippen molar-refractivity contribution in [3.63, 3.8) is 0 Å². The van der Waals surface area contributed by atoms with Gasteiger partial charge in [0, 0.05) is 11.3 Å². The van der Waals surface area contributed by atoms with Gasteiger partial charge in [0.1, 0.15) is 0 Å². The SMILES string of the molecule is COc1ccc(C(=O)CNc2ccccc2C(F)(F)F)cc1F. The van der Waals surface area contributed by atoms with Gasteiger partial charge >= 0.3 is 6.18 Å². The van der Waals surface area contributed by atoms with E-state index >= 15 is 0 Å². The Balaban J connectivity index is 2.13. The van der Waals surface area contributed by atoms with Crippen LogP contribution in [0.2, 0.25) is 0 Å². The quantitative estimate of drug-likeness (QED) is 0.662. The molecule has 0 spiro atoms. The topological polar surface area (TPSA) is 38.3 Å². The zero-order chi connectivity index (χ0) is 17.0. The largest absolute Gasteiger partial charge is 0.494 e. The highest BCUT2D eigenvalue weighted by molar-refractivity contribution is 5.99. The number of anilines is 1. The van der Waals surface area contributed by atoms with Gasteiger partial charge < -0.3 is 10.1 Å². The van der Waals surface area contributed by atoms with Crippen LogP contribution in [0.25, 0.3) is 0 Å². The average molecular weight is 327 g/mol. The van der Waals surface area contributed by atoms with Gasteiger partial charge in [-0.05, 0) is 30.3 Å². The van der Waals surface area contributed by atoms with Crippen molar-refractivity contribution in [3.8, 4) is 5.75 Å². The number of carbonyl (C=O) groups excluding carboxylic acids is 1. The Kier molecular flexibility index (Phi) is 4.88. The van der Waals surface area contributed by atoms with Crippen LogP contribution in [0.15, 0.2) is 42.5 Å². The number of Topliss-reactive ketones (excluding diaryl/α,β-unsaturated/α-hetero) is 1. The second-order valence-corrected chi connectivity index (χ2v) is 4.67. The predicted molar refractivity (Wildman–Crippen MR) is 77.2 cm³/mol. The number of nitrogens with one attached hydrogen (secondary N) is 1. The smallest absolute Gasteiger partial charge is 0.418 e. The summed E-state index contributed by atoms with van der Waals surface area (Å²) in [5.74, 6) is -1.27. The van der Waals surface area contributed by atoms with E-state index in [-0.39, 0.29) is 17.0 Å². The fraction of sp³-hybridized carbons (Fsp3) is 0.188. The van der Waals surface area contributed by atoms with E-state index in [0.29, 0.717) is 0 Å². The lowest BCUT2D eigenvalue weighted by Gasteiger charge is -2.14. The predicted octanol–water partition coefficient (Wildman–Crippen LogP) is 4.15. The molecule has 0 aliphatic heterocycles. The minimum Gasteiger partial charge on any atom is -0.494 e. The Hall–Kier alpha value is -2.57. The van der Waals surface area contributed by atoms with Gasteiger partial charge in [-0.15, -0.1) is 0 Å². The van der Waals surface area contributed by atoms with Crippen molar-refractivity contribution in [1.29, 1.82) is 0 Å². The molecule has 2 aromatic carbocycles. The van der Waals surface area contributed by atoms with Gasteiger partial charge in [0.05, 0.1) is 19.2 Å². The van der Waals surface area contributed by atoms with Gasteiger partial charge in [-0.2, -0.15) is 13.2 Å². The van der Waals surface area contributed by atoms with Crippen molar-refractivity contribution in [1.82, 2.24) is 0 Å². The lowest BCUT2D eigenvalue weighted by atomic mass is 10.1. The van der Waals surface area contributed by atoms with Crippen LogP contribution in [-0.2, 0) is 6.18 Å². The number of carbonyl (C=O) groups is 1. The van der Waals surface area contributed by atoms with Crippen molar-refractivity contribution < 1.29 is 27.1 Å². The highest BCUT2D eigenvalue weighted by Gasteiger charge is 2.33. The lowest BCUT2D eigenvalue weighted by molar-refractivity contribution is -0.136. The standard InChI is InChI=1S/C16H13F4NO2/c1-23-15-7-6-10(8-12(15)17)14(22)9-21-13-5-3-2-4-11(13)16(18,19)20/h2-8,21H,9H2,1H3. The maximum absolute atomic E-state index is 13.5. The Morgan fingerprint density at radius 2 is 1.87 bits per heavy atom. The number of hydrogen-bond donors (Lipinski definition) is 1. The zero-order valence-electron chi connectivity index (χ0n) is 12.1. The van der Waals surface area contributed by atoms with Gasteiger partial charge in [-0.25, -0.2) is 4.39 Å². The summed E-state index contributed by atoms with van der Waals surface area (Å²) >= 11 is 0. The van der Waals surface area contributed by atoms with E-state index in [1.165, 1.54) is 37.4 Å². The zero-order valence-corrected chi connectivity index (χ0v) is 12.1. The number of ketones is 1. The van der Waals surface area contributed by atoms with E-state index in [4.69, 9.17) is 4.74 Å². The molecule has 0 aromatic heterocycles. The van der Waals surface area contributed by atoms with Crippen LogP contribution in [0.4, 0.5) is 23.2 Å². The van der Waals surface area contributed by atoms with Crippen molar-refractivity contribution in [2.24, 2.45) is 0 Å². The molecule has 0 atom stereocenters. The third-order valence-electron chi connectivity index (χ3n) is 3.15. The monoisotopic (exact) mass is 327 g/mol. The van der Waals surface area contributed by atoms with Gasteiger partial charge in [0.2, 0.25) is 0 Å². The normalized spacial score (nSPS) is 11.2. The molecule has 0 heterocycles. The molecule has 0 saturated heterocycles. The third kappa shape index (κ3) is 4.00. The highest BCUT2D eigenvalue weighted by Crippen LogP contribution is 2.34. The molecule has 0 saturated carbocycles. The Labute approximate surface area is 129 Å². The van der Waals surface area contributed by atoms with Gasteiger partial charge in [0.25, 0.3) is 0 Å². The van der Waals surface area contributed by atoms with Crippen molar-refractivity contribution in [2.45, 2.75) is 6.18 Å². The number of alkyl halides is 3. The van der Waals surface area contributed by atoms with E-state index in [2.05, 4.69) is 5.32 Å². The summed E-state index contributed by atoms with van der Waals surface area (Å²) in [6.45, 7) is -0.390. The fourth-order valence-corrected chi connectivity index (χ4v) is 2.00. The van der Waals surface area contributed by atoms with Crippen LogP contribution >= 0.6 is 0 Å². The third-order valence-corrected chi connectivity index (χ3v) is 3.15. The summed E-state index contributed by atoms with van der Waals surface area (Å²) < 4.78 is 56.8. The van der Waals surface area contributed by atoms with Crippen LogP contribution in [0.5, 0.6) is 5.75 Å². The first-order chi connectivity index (χ1) is 10.8. The molecule has 0 aliphatic rings. The first-order valence-electron chi connectivity index (χ1n) is 6.59. The summed E-state index contributed by atoms with van der Waals surface area (Å²) in [5, 5.41) is 2.44. The number of rotatable bonds is 5. The number of ether oxygens (including phenoxy) is 1. The molecular formula is C16H13F4NO2. The summed E-state index contributed by atoms with van der Waals surface area (Å²) in [7, 11) is 1.29. The molecule has 23 heavy (non-hydrogen) atoms. The van der Waals surface area contributed by atoms with Crippen LogP contribution in [0, 0.1) is 5.82 Å². The molecule has 0 radical (unpaired) electrons. The maximum Gasteiger partial charge on any atom is 0.418 e. The van der Waals surface area contributed by atoms with Gasteiger partial charge in [-0.1, -0.05) is 12.1 Å². The first-order valence-corrected chi connectivity index (χ1v) is 6.59. The minimum atomic E-state index is -4.53. The molecule has 2 aromatic rings. The molecular weight excluding hydrogens is 314 g/mol. The van der Waals surface area contributed by atoms with Crippen LogP contribution in [0.3, 0.4) is 0 Å². The molecule has 0 fully saturated rings. The van der Waals surface area contributed by atoms with Crippen molar-refractivity contribution >= 4 is 11.5 Å². The Bertz CT molecular complexity index is 713. The molecule has 2 rings (SSSR count). The number of halogens is 4. The molecule has 0 aliphatic carbocycles. The lowest BCUT2D eigenvalue weighted by Crippen LogP contribution is -2.17. The Morgan fingerprint density at radius 1 is 1.17 bits per heavy atom. The summed E-state index contributed by atoms with van der Waals surface area (Å²) in [5.41, 5.74) is -1.03. The van der Waals surface area contributed by atoms with E-state index in [0.717, 1.165) is 12.1 Å². The van der Waals surface area contributed by atoms with E-state index in [1.54, 1.807) is 0 Å².